The Morgan fingerprint density at radius 1 is 1.36 bits per heavy atom. The van der Waals surface area contributed by atoms with Crippen LogP contribution in [-0.2, 0) is 6.42 Å². The fraction of sp³-hybridized carbons (Fsp3) is 0.400. The second-order valence-corrected chi connectivity index (χ2v) is 2.85. The van der Waals surface area contributed by atoms with Gasteiger partial charge in [0.15, 0.2) is 0 Å². The maximum absolute atomic E-state index is 11.8. The van der Waals surface area contributed by atoms with Crippen LogP contribution in [0.2, 0.25) is 0 Å². The summed E-state index contributed by atoms with van der Waals surface area (Å²) in [6, 6.07) is 6.51. The van der Waals surface area contributed by atoms with Gasteiger partial charge in [-0.2, -0.15) is 8.78 Å². The Kier molecular flexibility index (Phi) is 4.32. The molecule has 14 heavy (non-hydrogen) atoms. The third kappa shape index (κ3) is 3.70. The van der Waals surface area contributed by atoms with Gasteiger partial charge in [-0.3, -0.25) is 0 Å². The van der Waals surface area contributed by atoms with Gasteiger partial charge in [0.05, 0.1) is 0 Å². The number of rotatable bonds is 5. The molecule has 0 aromatic heterocycles. The molecule has 1 rings (SSSR count). The number of alkyl halides is 2. The quantitative estimate of drug-likeness (QED) is 0.793. The molecule has 78 valence electrons. The Labute approximate surface area is 81.1 Å². The molecule has 0 aliphatic heterocycles. The van der Waals surface area contributed by atoms with Gasteiger partial charge in [0.2, 0.25) is 0 Å². The van der Waals surface area contributed by atoms with E-state index in [1.54, 1.807) is 12.1 Å². The first-order valence-corrected chi connectivity index (χ1v) is 4.37. The lowest BCUT2D eigenvalue weighted by atomic mass is 10.1. The van der Waals surface area contributed by atoms with E-state index >= 15 is 0 Å². The minimum absolute atomic E-state index is 0.0972. The number of aryl methyl sites for hydroxylation is 1. The largest absolute Gasteiger partial charge is 0.435 e. The molecule has 2 nitrogen and oxygen atoms in total. The van der Waals surface area contributed by atoms with E-state index in [1.807, 2.05) is 6.07 Å². The molecule has 4 heteroatoms. The highest BCUT2D eigenvalue weighted by Crippen LogP contribution is 2.16. The summed E-state index contributed by atoms with van der Waals surface area (Å²) in [4.78, 5) is 0. The number of benzene rings is 1. The molecule has 0 saturated carbocycles. The van der Waals surface area contributed by atoms with Gasteiger partial charge in [-0.05, 0) is 30.5 Å². The van der Waals surface area contributed by atoms with Crippen LogP contribution in [0.15, 0.2) is 24.3 Å². The van der Waals surface area contributed by atoms with Crippen LogP contribution in [0, 0.1) is 0 Å². The fourth-order valence-corrected chi connectivity index (χ4v) is 1.16. The average Bonchev–Trinajstić information content (AvgIpc) is 2.14. The Morgan fingerprint density at radius 2 is 2.14 bits per heavy atom. The normalized spacial score (nSPS) is 10.6. The van der Waals surface area contributed by atoms with Gasteiger partial charge >= 0.3 is 6.61 Å². The fourth-order valence-electron chi connectivity index (χ4n) is 1.16. The van der Waals surface area contributed by atoms with Gasteiger partial charge in [-0.25, -0.2) is 0 Å². The molecule has 0 atom stereocenters. The minimum Gasteiger partial charge on any atom is -0.435 e. The van der Waals surface area contributed by atoms with E-state index in [0.717, 1.165) is 5.56 Å². The van der Waals surface area contributed by atoms with Crippen LogP contribution in [0.25, 0.3) is 0 Å². The molecule has 1 N–H and O–H groups in total. The number of aliphatic hydroxyl groups excluding tert-OH is 1. The zero-order valence-corrected chi connectivity index (χ0v) is 7.62. The van der Waals surface area contributed by atoms with Crippen LogP contribution in [0.4, 0.5) is 8.78 Å². The zero-order valence-electron chi connectivity index (χ0n) is 7.62. The molecule has 0 heterocycles. The molecule has 1 aromatic rings. The smallest absolute Gasteiger partial charge is 0.387 e. The van der Waals surface area contributed by atoms with Crippen molar-refractivity contribution in [2.45, 2.75) is 19.5 Å². The van der Waals surface area contributed by atoms with E-state index in [4.69, 9.17) is 5.11 Å². The first-order chi connectivity index (χ1) is 6.72. The van der Waals surface area contributed by atoms with E-state index < -0.39 is 6.61 Å². The summed E-state index contributed by atoms with van der Waals surface area (Å²) in [5.41, 5.74) is 0.886. The SMILES string of the molecule is OCCCc1cccc(OC(F)F)c1. The molecule has 0 amide bonds. The van der Waals surface area contributed by atoms with Crippen molar-refractivity contribution in [3.63, 3.8) is 0 Å². The van der Waals surface area contributed by atoms with E-state index in [-0.39, 0.29) is 12.4 Å². The molecule has 0 aliphatic carbocycles. The van der Waals surface area contributed by atoms with E-state index in [9.17, 15) is 8.78 Å². The van der Waals surface area contributed by atoms with Crippen LogP contribution < -0.4 is 4.74 Å². The predicted molar refractivity (Wildman–Crippen MR) is 48.5 cm³/mol. The molecule has 0 saturated heterocycles. The summed E-state index contributed by atoms with van der Waals surface area (Å²) in [5, 5.41) is 8.59. The second kappa shape index (κ2) is 5.54. The second-order valence-electron chi connectivity index (χ2n) is 2.85. The zero-order chi connectivity index (χ0) is 10.4. The van der Waals surface area contributed by atoms with Gasteiger partial charge in [-0.15, -0.1) is 0 Å². The third-order valence-electron chi connectivity index (χ3n) is 1.75. The molecule has 1 aromatic carbocycles. The lowest BCUT2D eigenvalue weighted by Crippen LogP contribution is -2.02. The molecule has 0 aliphatic rings. The average molecular weight is 202 g/mol. The summed E-state index contributed by atoms with van der Waals surface area (Å²) in [5.74, 6) is 0.162. The Hall–Kier alpha value is -1.16. The summed E-state index contributed by atoms with van der Waals surface area (Å²) in [6.45, 7) is -2.69. The van der Waals surface area contributed by atoms with Crippen LogP contribution >= 0.6 is 0 Å². The highest BCUT2D eigenvalue weighted by atomic mass is 19.3. The van der Waals surface area contributed by atoms with Crippen LogP contribution in [0.5, 0.6) is 5.75 Å². The lowest BCUT2D eigenvalue weighted by molar-refractivity contribution is -0.0498. The maximum atomic E-state index is 11.8. The van der Waals surface area contributed by atoms with E-state index in [0.29, 0.717) is 12.8 Å². The van der Waals surface area contributed by atoms with Gasteiger partial charge in [0, 0.05) is 6.61 Å². The number of ether oxygens (including phenoxy) is 1. The lowest BCUT2D eigenvalue weighted by Gasteiger charge is -2.05. The maximum Gasteiger partial charge on any atom is 0.387 e. The minimum atomic E-state index is -2.79. The van der Waals surface area contributed by atoms with Gasteiger partial charge in [-0.1, -0.05) is 12.1 Å². The Bertz CT molecular complexity index is 277. The van der Waals surface area contributed by atoms with Crippen LogP contribution in [0.1, 0.15) is 12.0 Å². The summed E-state index contributed by atoms with van der Waals surface area (Å²) < 4.78 is 27.9. The number of halogens is 2. The monoisotopic (exact) mass is 202 g/mol. The van der Waals surface area contributed by atoms with Crippen LogP contribution in [0.3, 0.4) is 0 Å². The first-order valence-electron chi connectivity index (χ1n) is 4.37. The molecule has 0 spiro atoms. The van der Waals surface area contributed by atoms with Crippen molar-refractivity contribution < 1.29 is 18.6 Å². The van der Waals surface area contributed by atoms with E-state index in [2.05, 4.69) is 4.74 Å². The summed E-state index contributed by atoms with van der Waals surface area (Å²) in [6.07, 6.45) is 1.29. The van der Waals surface area contributed by atoms with E-state index in [1.165, 1.54) is 6.07 Å². The molecular formula is C10H12F2O2. The summed E-state index contributed by atoms with van der Waals surface area (Å²) in [7, 11) is 0. The molecular weight excluding hydrogens is 190 g/mol. The van der Waals surface area contributed by atoms with Crippen molar-refractivity contribution in [2.75, 3.05) is 6.61 Å². The third-order valence-corrected chi connectivity index (χ3v) is 1.75. The van der Waals surface area contributed by atoms with Crippen molar-refractivity contribution in [1.29, 1.82) is 0 Å². The highest BCUT2D eigenvalue weighted by Gasteiger charge is 2.04. The number of hydrogen-bond donors (Lipinski definition) is 1. The number of aliphatic hydroxyl groups is 1. The molecule has 0 bridgehead atoms. The number of hydrogen-bond acceptors (Lipinski definition) is 2. The Balaban J connectivity index is 2.59. The molecule has 0 fully saturated rings. The van der Waals surface area contributed by atoms with Crippen molar-refractivity contribution in [3.8, 4) is 5.75 Å². The molecule has 0 unspecified atom stereocenters. The Morgan fingerprint density at radius 3 is 2.79 bits per heavy atom. The van der Waals surface area contributed by atoms with Crippen molar-refractivity contribution in [1.82, 2.24) is 0 Å². The molecule has 0 radical (unpaired) electrons. The van der Waals surface area contributed by atoms with Crippen LogP contribution in [-0.4, -0.2) is 18.3 Å². The summed E-state index contributed by atoms with van der Waals surface area (Å²) >= 11 is 0. The van der Waals surface area contributed by atoms with Gasteiger partial charge in [0.25, 0.3) is 0 Å². The topological polar surface area (TPSA) is 29.5 Å². The van der Waals surface area contributed by atoms with Gasteiger partial charge < -0.3 is 9.84 Å². The first kappa shape index (κ1) is 10.9. The highest BCUT2D eigenvalue weighted by molar-refractivity contribution is 5.28. The van der Waals surface area contributed by atoms with Crippen molar-refractivity contribution in [3.05, 3.63) is 29.8 Å². The van der Waals surface area contributed by atoms with Crippen molar-refractivity contribution >= 4 is 0 Å². The predicted octanol–water partition coefficient (Wildman–Crippen LogP) is 2.21. The van der Waals surface area contributed by atoms with Crippen molar-refractivity contribution in [2.24, 2.45) is 0 Å². The van der Waals surface area contributed by atoms with Gasteiger partial charge in [0.1, 0.15) is 5.75 Å². The standard InChI is InChI=1S/C10H12F2O2/c11-10(12)14-9-5-1-3-8(7-9)4-2-6-13/h1,3,5,7,10,13H,2,4,6H2.